The fourth-order valence-electron chi connectivity index (χ4n) is 1.68. The third-order valence-electron chi connectivity index (χ3n) is 2.69. The maximum atomic E-state index is 11.4. The number of halogens is 1. The first-order valence-electron chi connectivity index (χ1n) is 5.86. The second-order valence-electron chi connectivity index (χ2n) is 4.10. The van der Waals surface area contributed by atoms with Gasteiger partial charge in [0.05, 0.1) is 12.0 Å². The van der Waals surface area contributed by atoms with E-state index in [9.17, 15) is 18.5 Å². The van der Waals surface area contributed by atoms with Gasteiger partial charge in [-0.15, -0.1) is 0 Å². The first-order chi connectivity index (χ1) is 10.3. The Bertz CT molecular complexity index is 804. The highest BCUT2D eigenvalue weighted by atomic mass is 35.7. The molecule has 0 atom stereocenters. The van der Waals surface area contributed by atoms with Crippen molar-refractivity contribution in [2.75, 3.05) is 7.11 Å². The largest absolute Gasteiger partial charge is 0.497 e. The highest BCUT2D eigenvalue weighted by Gasteiger charge is 2.24. The molecular formula is C13H10ClNO6S. The van der Waals surface area contributed by atoms with Crippen molar-refractivity contribution in [1.82, 2.24) is 0 Å². The first kappa shape index (κ1) is 16.1. The van der Waals surface area contributed by atoms with E-state index in [-0.39, 0.29) is 5.75 Å². The normalized spacial score (nSPS) is 11.0. The molecule has 0 saturated heterocycles. The van der Waals surface area contributed by atoms with Crippen molar-refractivity contribution in [3.05, 3.63) is 52.6 Å². The van der Waals surface area contributed by atoms with Crippen molar-refractivity contribution >= 4 is 25.4 Å². The van der Waals surface area contributed by atoms with Crippen LogP contribution in [-0.2, 0) is 9.05 Å². The minimum atomic E-state index is -4.27. The zero-order valence-electron chi connectivity index (χ0n) is 11.2. The molecule has 2 aromatic carbocycles. The Labute approximate surface area is 130 Å². The van der Waals surface area contributed by atoms with Gasteiger partial charge in [-0.1, -0.05) is 0 Å². The van der Waals surface area contributed by atoms with Gasteiger partial charge in [0, 0.05) is 22.8 Å². The number of benzene rings is 2. The van der Waals surface area contributed by atoms with E-state index in [1.807, 2.05) is 0 Å². The fraction of sp³-hybridized carbons (Fsp3) is 0.0769. The molecule has 0 aromatic heterocycles. The van der Waals surface area contributed by atoms with Gasteiger partial charge in [0.25, 0.3) is 14.7 Å². The second kappa shape index (κ2) is 6.20. The fourth-order valence-corrected chi connectivity index (χ4v) is 2.70. The molecule has 0 aliphatic rings. The highest BCUT2D eigenvalue weighted by Crippen LogP contribution is 2.32. The molecule has 7 nitrogen and oxygen atoms in total. The number of methoxy groups -OCH3 is 1. The summed E-state index contributed by atoms with van der Waals surface area (Å²) in [5, 5.41) is 10.8. The van der Waals surface area contributed by atoms with E-state index in [1.54, 1.807) is 24.3 Å². The van der Waals surface area contributed by atoms with Gasteiger partial charge in [-0.25, -0.2) is 8.42 Å². The predicted molar refractivity (Wildman–Crippen MR) is 79.2 cm³/mol. The predicted octanol–water partition coefficient (Wildman–Crippen LogP) is 3.32. The van der Waals surface area contributed by atoms with Crippen molar-refractivity contribution < 1.29 is 22.8 Å². The molecule has 0 unspecified atom stereocenters. The zero-order valence-corrected chi connectivity index (χ0v) is 12.8. The standard InChI is InChI=1S/C13H10ClNO6S/c1-20-9-2-4-10(5-3-9)21-11-6-7-12(15(16)17)13(8-11)22(14,18)19/h2-8H,1H3. The summed E-state index contributed by atoms with van der Waals surface area (Å²) >= 11 is 0. The van der Waals surface area contributed by atoms with Gasteiger partial charge < -0.3 is 9.47 Å². The Balaban J connectivity index is 2.38. The maximum absolute atomic E-state index is 11.4. The van der Waals surface area contributed by atoms with E-state index >= 15 is 0 Å². The van der Waals surface area contributed by atoms with E-state index in [4.69, 9.17) is 20.2 Å². The van der Waals surface area contributed by atoms with Gasteiger partial charge in [-0.2, -0.15) is 0 Å². The summed E-state index contributed by atoms with van der Waals surface area (Å²) in [6.07, 6.45) is 0. The molecule has 0 spiro atoms. The van der Waals surface area contributed by atoms with Crippen molar-refractivity contribution in [3.8, 4) is 17.2 Å². The molecule has 0 aliphatic heterocycles. The number of nitro groups is 1. The Kier molecular flexibility index (Phi) is 4.53. The van der Waals surface area contributed by atoms with Crippen molar-refractivity contribution in [2.24, 2.45) is 0 Å². The van der Waals surface area contributed by atoms with Crippen molar-refractivity contribution in [3.63, 3.8) is 0 Å². The average molecular weight is 344 g/mol. The summed E-state index contributed by atoms with van der Waals surface area (Å²) in [4.78, 5) is 9.39. The molecule has 2 aromatic rings. The summed E-state index contributed by atoms with van der Waals surface area (Å²) in [7, 11) is 2.46. The average Bonchev–Trinajstić information content (AvgIpc) is 2.47. The molecular weight excluding hydrogens is 334 g/mol. The van der Waals surface area contributed by atoms with Crippen molar-refractivity contribution in [1.29, 1.82) is 0 Å². The van der Waals surface area contributed by atoms with Crippen LogP contribution in [-0.4, -0.2) is 20.5 Å². The number of hydrogen-bond donors (Lipinski definition) is 0. The van der Waals surface area contributed by atoms with Crippen LogP contribution in [0.1, 0.15) is 0 Å². The number of hydrogen-bond acceptors (Lipinski definition) is 6. The minimum absolute atomic E-state index is 0.106. The van der Waals surface area contributed by atoms with Gasteiger partial charge in [0.15, 0.2) is 4.90 Å². The highest BCUT2D eigenvalue weighted by molar-refractivity contribution is 8.13. The van der Waals surface area contributed by atoms with Crippen LogP contribution >= 0.6 is 10.7 Å². The molecule has 9 heteroatoms. The smallest absolute Gasteiger partial charge is 0.289 e. The molecule has 22 heavy (non-hydrogen) atoms. The van der Waals surface area contributed by atoms with Gasteiger partial charge in [-0.3, -0.25) is 10.1 Å². The van der Waals surface area contributed by atoms with E-state index in [1.165, 1.54) is 13.2 Å². The topological polar surface area (TPSA) is 95.7 Å². The lowest BCUT2D eigenvalue weighted by Crippen LogP contribution is -1.99. The van der Waals surface area contributed by atoms with Crippen LogP contribution in [0.4, 0.5) is 5.69 Å². The lowest BCUT2D eigenvalue weighted by molar-refractivity contribution is -0.387. The third-order valence-corrected chi connectivity index (χ3v) is 4.04. The lowest BCUT2D eigenvalue weighted by Gasteiger charge is -2.08. The lowest BCUT2D eigenvalue weighted by atomic mass is 10.3. The van der Waals surface area contributed by atoms with E-state index < -0.39 is 24.6 Å². The van der Waals surface area contributed by atoms with Gasteiger partial charge in [-0.05, 0) is 30.3 Å². The SMILES string of the molecule is COc1ccc(Oc2ccc([N+](=O)[O-])c(S(=O)(=O)Cl)c2)cc1. The molecule has 0 fully saturated rings. The monoisotopic (exact) mass is 343 g/mol. The molecule has 0 radical (unpaired) electrons. The Hall–Kier alpha value is -2.32. The Morgan fingerprint density at radius 3 is 2.09 bits per heavy atom. The second-order valence-corrected chi connectivity index (χ2v) is 6.64. The van der Waals surface area contributed by atoms with Crippen LogP contribution in [0.3, 0.4) is 0 Å². The summed E-state index contributed by atoms with van der Waals surface area (Å²) in [6.45, 7) is 0. The van der Waals surface area contributed by atoms with Gasteiger partial charge >= 0.3 is 0 Å². The summed E-state index contributed by atoms with van der Waals surface area (Å²) in [6, 6.07) is 9.83. The number of nitro benzene ring substituents is 1. The maximum Gasteiger partial charge on any atom is 0.289 e. The van der Waals surface area contributed by atoms with Gasteiger partial charge in [0.1, 0.15) is 17.2 Å². The molecule has 0 saturated carbocycles. The molecule has 0 N–H and O–H groups in total. The quantitative estimate of drug-likeness (QED) is 0.469. The van der Waals surface area contributed by atoms with Crippen LogP contribution in [0.15, 0.2) is 47.4 Å². The van der Waals surface area contributed by atoms with Crippen molar-refractivity contribution in [2.45, 2.75) is 4.90 Å². The molecule has 0 bridgehead atoms. The van der Waals surface area contributed by atoms with Gasteiger partial charge in [0.2, 0.25) is 0 Å². The molecule has 0 aliphatic carbocycles. The number of rotatable bonds is 5. The van der Waals surface area contributed by atoms with Crippen LogP contribution in [0.5, 0.6) is 17.2 Å². The van der Waals surface area contributed by atoms with Crippen LogP contribution in [0.2, 0.25) is 0 Å². The summed E-state index contributed by atoms with van der Waals surface area (Å²) in [5.41, 5.74) is -0.614. The van der Waals surface area contributed by atoms with Crippen LogP contribution < -0.4 is 9.47 Å². The van der Waals surface area contributed by atoms with Crippen LogP contribution in [0.25, 0.3) is 0 Å². The minimum Gasteiger partial charge on any atom is -0.497 e. The molecule has 0 amide bonds. The molecule has 2 rings (SSSR count). The van der Waals surface area contributed by atoms with E-state index in [0.29, 0.717) is 11.5 Å². The summed E-state index contributed by atoms with van der Waals surface area (Å²) < 4.78 is 33.3. The van der Waals surface area contributed by atoms with E-state index in [0.717, 1.165) is 12.1 Å². The Morgan fingerprint density at radius 1 is 1.05 bits per heavy atom. The number of ether oxygens (including phenoxy) is 2. The molecule has 0 heterocycles. The van der Waals surface area contributed by atoms with E-state index in [2.05, 4.69) is 0 Å². The zero-order chi connectivity index (χ0) is 16.3. The van der Waals surface area contributed by atoms with Crippen LogP contribution in [0, 0.1) is 10.1 Å². The first-order valence-corrected chi connectivity index (χ1v) is 8.17. The Morgan fingerprint density at radius 2 is 1.59 bits per heavy atom. The third kappa shape index (κ3) is 3.66. The molecule has 116 valence electrons. The summed E-state index contributed by atoms with van der Waals surface area (Å²) in [5.74, 6) is 1.14. The number of nitrogens with zero attached hydrogens (tertiary/aromatic N) is 1.